The van der Waals surface area contributed by atoms with Crippen LogP contribution in [0.3, 0.4) is 0 Å². The fourth-order valence-corrected chi connectivity index (χ4v) is 3.41. The molecule has 1 fully saturated rings. The van der Waals surface area contributed by atoms with Gasteiger partial charge in [-0.05, 0) is 63.9 Å². The van der Waals surface area contributed by atoms with Gasteiger partial charge in [-0.2, -0.15) is 5.10 Å². The largest absolute Gasteiger partial charge is 0.490 e. The number of ether oxygens (including phenoxy) is 2. The van der Waals surface area contributed by atoms with Crippen LogP contribution in [0.4, 0.5) is 0 Å². The molecule has 2 atom stereocenters. The first-order chi connectivity index (χ1) is 13.6. The number of nitrogens with one attached hydrogen (secondary N) is 2. The van der Waals surface area contributed by atoms with Crippen molar-refractivity contribution in [1.29, 1.82) is 0 Å². The van der Waals surface area contributed by atoms with E-state index in [4.69, 9.17) is 9.47 Å². The highest BCUT2D eigenvalue weighted by molar-refractivity contribution is 5.92. The lowest BCUT2D eigenvalue weighted by molar-refractivity contribution is 0.0933. The number of piperidine rings is 1. The smallest absolute Gasteiger partial charge is 0.272 e. The molecule has 2 aromatic rings. The molecular formula is C21H31ClN4O3. The van der Waals surface area contributed by atoms with Crippen molar-refractivity contribution in [2.45, 2.75) is 45.7 Å². The van der Waals surface area contributed by atoms with E-state index in [-0.39, 0.29) is 24.4 Å². The van der Waals surface area contributed by atoms with E-state index in [0.717, 1.165) is 31.5 Å². The van der Waals surface area contributed by atoms with E-state index < -0.39 is 0 Å². The van der Waals surface area contributed by atoms with Crippen LogP contribution in [0.5, 0.6) is 11.5 Å². The Kier molecular flexibility index (Phi) is 8.79. The Morgan fingerprint density at radius 1 is 1.28 bits per heavy atom. The van der Waals surface area contributed by atoms with Gasteiger partial charge < -0.3 is 20.1 Å². The number of carbonyl (C=O) groups excluding carboxylic acids is 1. The summed E-state index contributed by atoms with van der Waals surface area (Å²) in [5, 5.41) is 10.9. The van der Waals surface area contributed by atoms with Crippen LogP contribution < -0.4 is 20.1 Å². The topological polar surface area (TPSA) is 77.4 Å². The van der Waals surface area contributed by atoms with Gasteiger partial charge in [-0.1, -0.05) is 6.07 Å². The molecule has 0 aliphatic carbocycles. The van der Waals surface area contributed by atoms with Gasteiger partial charge >= 0.3 is 0 Å². The summed E-state index contributed by atoms with van der Waals surface area (Å²) in [5.74, 6) is 1.23. The van der Waals surface area contributed by atoms with E-state index in [1.165, 1.54) is 0 Å². The average molecular weight is 423 g/mol. The third-order valence-corrected chi connectivity index (χ3v) is 4.90. The average Bonchev–Trinajstić information content (AvgIpc) is 3.21. The van der Waals surface area contributed by atoms with Crippen molar-refractivity contribution >= 4 is 18.3 Å². The Bertz CT molecular complexity index is 790. The van der Waals surface area contributed by atoms with Gasteiger partial charge in [0.25, 0.3) is 5.91 Å². The lowest BCUT2D eigenvalue weighted by Gasteiger charge is -2.23. The van der Waals surface area contributed by atoms with Crippen molar-refractivity contribution in [2.75, 3.05) is 26.3 Å². The highest BCUT2D eigenvalue weighted by Crippen LogP contribution is 2.30. The first kappa shape index (κ1) is 23.0. The van der Waals surface area contributed by atoms with Crippen LogP contribution in [0.1, 0.15) is 61.7 Å². The fourth-order valence-electron chi connectivity index (χ4n) is 3.41. The molecule has 0 spiro atoms. The number of rotatable bonds is 8. The van der Waals surface area contributed by atoms with Crippen molar-refractivity contribution in [1.82, 2.24) is 20.4 Å². The molecule has 160 valence electrons. The van der Waals surface area contributed by atoms with Gasteiger partial charge in [0, 0.05) is 12.7 Å². The minimum absolute atomic E-state index is 0. The lowest BCUT2D eigenvalue weighted by atomic mass is 10.1. The zero-order valence-corrected chi connectivity index (χ0v) is 18.1. The second-order valence-corrected chi connectivity index (χ2v) is 6.95. The van der Waals surface area contributed by atoms with Gasteiger partial charge in [0.05, 0.1) is 25.3 Å². The Hall–Kier alpha value is -2.25. The fraction of sp³-hybridized carbons (Fsp3) is 0.524. The third kappa shape index (κ3) is 5.87. The minimum atomic E-state index is -0.179. The molecule has 1 amide bonds. The summed E-state index contributed by atoms with van der Waals surface area (Å²) in [6, 6.07) is 7.67. The molecule has 0 radical (unpaired) electrons. The number of aromatic nitrogens is 2. The van der Waals surface area contributed by atoms with Crippen molar-refractivity contribution in [2.24, 2.45) is 0 Å². The molecule has 0 saturated carbocycles. The summed E-state index contributed by atoms with van der Waals surface area (Å²) in [6.45, 7) is 8.90. The Morgan fingerprint density at radius 3 is 2.72 bits per heavy atom. The van der Waals surface area contributed by atoms with Crippen LogP contribution in [-0.2, 0) is 0 Å². The van der Waals surface area contributed by atoms with E-state index in [1.54, 1.807) is 6.07 Å². The van der Waals surface area contributed by atoms with Gasteiger partial charge in [0.1, 0.15) is 5.69 Å². The van der Waals surface area contributed by atoms with Crippen LogP contribution in [0.15, 0.2) is 30.5 Å². The third-order valence-electron chi connectivity index (χ3n) is 4.90. The molecule has 2 unspecified atom stereocenters. The van der Waals surface area contributed by atoms with Crippen LogP contribution >= 0.6 is 12.4 Å². The molecule has 1 aliphatic heterocycles. The van der Waals surface area contributed by atoms with Crippen molar-refractivity contribution in [3.05, 3.63) is 41.7 Å². The summed E-state index contributed by atoms with van der Waals surface area (Å²) in [6.07, 6.45) is 4.10. The summed E-state index contributed by atoms with van der Waals surface area (Å²) >= 11 is 0. The normalized spacial score (nSPS) is 17.1. The lowest BCUT2D eigenvalue weighted by Crippen LogP contribution is -2.32. The highest BCUT2D eigenvalue weighted by Gasteiger charge is 2.19. The predicted octanol–water partition coefficient (Wildman–Crippen LogP) is 3.52. The molecule has 2 heterocycles. The maximum absolute atomic E-state index is 12.6. The second kappa shape index (κ2) is 11.1. The van der Waals surface area contributed by atoms with Gasteiger partial charge in [-0.25, -0.2) is 0 Å². The molecule has 1 aromatic heterocycles. The minimum Gasteiger partial charge on any atom is -0.490 e. The van der Waals surface area contributed by atoms with Crippen molar-refractivity contribution < 1.29 is 14.3 Å². The highest BCUT2D eigenvalue weighted by atomic mass is 35.5. The zero-order valence-electron chi connectivity index (χ0n) is 17.3. The summed E-state index contributed by atoms with van der Waals surface area (Å²) in [5.41, 5.74) is 1.39. The van der Waals surface area contributed by atoms with E-state index in [2.05, 4.69) is 15.7 Å². The zero-order chi connectivity index (χ0) is 19.9. The van der Waals surface area contributed by atoms with Crippen LogP contribution in [0.2, 0.25) is 0 Å². The quantitative estimate of drug-likeness (QED) is 0.680. The van der Waals surface area contributed by atoms with Crippen LogP contribution in [0.25, 0.3) is 0 Å². The van der Waals surface area contributed by atoms with Gasteiger partial charge in [-0.3, -0.25) is 9.48 Å². The Morgan fingerprint density at radius 2 is 2.03 bits per heavy atom. The van der Waals surface area contributed by atoms with Crippen LogP contribution in [0, 0.1) is 0 Å². The predicted molar refractivity (Wildman–Crippen MR) is 115 cm³/mol. The number of hydrogen-bond donors (Lipinski definition) is 2. The molecule has 1 aliphatic rings. The molecule has 8 heteroatoms. The molecule has 7 nitrogen and oxygen atoms in total. The van der Waals surface area contributed by atoms with E-state index in [0.29, 0.717) is 36.4 Å². The number of benzene rings is 1. The second-order valence-electron chi connectivity index (χ2n) is 6.95. The molecular weight excluding hydrogens is 392 g/mol. The maximum Gasteiger partial charge on any atom is 0.272 e. The number of carbonyl (C=O) groups is 1. The Labute approximate surface area is 178 Å². The summed E-state index contributed by atoms with van der Waals surface area (Å²) in [4.78, 5) is 12.6. The summed E-state index contributed by atoms with van der Waals surface area (Å²) in [7, 11) is 0. The van der Waals surface area contributed by atoms with Crippen molar-refractivity contribution in [3.8, 4) is 11.5 Å². The standard InChI is InChI=1S/C21H30N4O3.ClH/c1-4-27-19-9-8-16(13-20(19)28-5-2)15(3)23-21(26)18-10-12-25(24-18)17-7-6-11-22-14-17;/h8-10,12-13,15,17,22H,4-7,11,14H2,1-3H3,(H,23,26);1H. The Balaban J connectivity index is 0.00000300. The van der Waals surface area contributed by atoms with Crippen molar-refractivity contribution in [3.63, 3.8) is 0 Å². The van der Waals surface area contributed by atoms with Gasteiger partial charge in [0.15, 0.2) is 11.5 Å². The number of hydrogen-bond acceptors (Lipinski definition) is 5. The van der Waals surface area contributed by atoms with E-state index >= 15 is 0 Å². The molecule has 1 saturated heterocycles. The number of amides is 1. The first-order valence-corrected chi connectivity index (χ1v) is 10.1. The monoisotopic (exact) mass is 422 g/mol. The van der Waals surface area contributed by atoms with E-state index in [1.807, 2.05) is 49.8 Å². The van der Waals surface area contributed by atoms with Gasteiger partial charge in [-0.15, -0.1) is 12.4 Å². The molecule has 2 N–H and O–H groups in total. The van der Waals surface area contributed by atoms with E-state index in [9.17, 15) is 4.79 Å². The maximum atomic E-state index is 12.6. The molecule has 3 rings (SSSR count). The summed E-state index contributed by atoms with van der Waals surface area (Å²) < 4.78 is 13.2. The SMILES string of the molecule is CCOc1ccc(C(C)NC(=O)c2ccn(C3CCCNC3)n2)cc1OCC.Cl. The number of nitrogens with zero attached hydrogens (tertiary/aromatic N) is 2. The molecule has 0 bridgehead atoms. The number of halogens is 1. The molecule has 1 aromatic carbocycles. The first-order valence-electron chi connectivity index (χ1n) is 10.1. The van der Waals surface area contributed by atoms with Crippen LogP contribution in [-0.4, -0.2) is 42.0 Å². The molecule has 29 heavy (non-hydrogen) atoms. The van der Waals surface area contributed by atoms with Gasteiger partial charge in [0.2, 0.25) is 0 Å².